The average molecular weight is 362 g/mol. The Morgan fingerprint density at radius 2 is 1.83 bits per heavy atom. The Labute approximate surface area is 138 Å². The predicted octanol–water partition coefficient (Wildman–Crippen LogP) is 3.98. The second kappa shape index (κ2) is 7.25. The molecule has 0 saturated heterocycles. The first kappa shape index (κ1) is 17.7. The van der Waals surface area contributed by atoms with Crippen molar-refractivity contribution in [3.63, 3.8) is 0 Å². The second-order valence-corrected chi connectivity index (χ2v) is 6.81. The summed E-state index contributed by atoms with van der Waals surface area (Å²) < 4.78 is 56.0. The first-order valence-electron chi connectivity index (χ1n) is 6.61. The summed E-state index contributed by atoms with van der Waals surface area (Å²) in [6.07, 6.45) is 0. The van der Waals surface area contributed by atoms with Gasteiger partial charge in [-0.05, 0) is 36.8 Å². The summed E-state index contributed by atoms with van der Waals surface area (Å²) in [6, 6.07) is 11.2. The molecule has 0 fully saturated rings. The lowest BCUT2D eigenvalue weighted by Gasteiger charge is -2.16. The molecule has 2 aromatic carbocycles. The summed E-state index contributed by atoms with van der Waals surface area (Å²) in [7, 11) is -3.85. The molecule has 0 bridgehead atoms. The van der Waals surface area contributed by atoms with Crippen molar-refractivity contribution in [2.24, 2.45) is 0 Å². The van der Waals surface area contributed by atoms with Crippen molar-refractivity contribution in [2.75, 3.05) is 0 Å². The van der Waals surface area contributed by atoms with Crippen LogP contribution in [0.25, 0.3) is 0 Å². The van der Waals surface area contributed by atoms with Gasteiger partial charge in [-0.3, -0.25) is 0 Å². The Bertz CT molecular complexity index is 784. The van der Waals surface area contributed by atoms with Gasteiger partial charge in [0, 0.05) is 6.04 Å². The van der Waals surface area contributed by atoms with Crippen LogP contribution in [0.15, 0.2) is 53.4 Å². The minimum absolute atomic E-state index is 0.0405. The topological polar surface area (TPSA) is 55.4 Å². The monoisotopic (exact) mass is 361 g/mol. The fourth-order valence-corrected chi connectivity index (χ4v) is 3.74. The third kappa shape index (κ3) is 4.63. The van der Waals surface area contributed by atoms with E-state index >= 15 is 0 Å². The van der Waals surface area contributed by atoms with Gasteiger partial charge in [0.15, 0.2) is 0 Å². The fraction of sp³-hybridized carbons (Fsp3) is 0.200. The Morgan fingerprint density at radius 1 is 1.13 bits per heavy atom. The highest BCUT2D eigenvalue weighted by atomic mass is 35.5. The predicted molar refractivity (Wildman–Crippen MR) is 83.3 cm³/mol. The first-order valence-corrected chi connectivity index (χ1v) is 8.47. The highest BCUT2D eigenvalue weighted by molar-refractivity contribution is 7.89. The molecule has 4 nitrogen and oxygen atoms in total. The summed E-state index contributed by atoms with van der Waals surface area (Å²) in [5.74, 6) is -0.0405. The third-order valence-corrected chi connectivity index (χ3v) is 5.08. The molecule has 2 aromatic rings. The molecule has 0 spiro atoms. The Balaban J connectivity index is 2.21. The molecule has 2 rings (SSSR count). The van der Waals surface area contributed by atoms with Crippen molar-refractivity contribution in [3.8, 4) is 5.75 Å². The van der Waals surface area contributed by atoms with E-state index in [9.17, 15) is 17.2 Å². The molecule has 124 valence electrons. The molecule has 0 radical (unpaired) electrons. The molecular formula is C15H14ClF2NO3S. The van der Waals surface area contributed by atoms with Crippen LogP contribution in [0.4, 0.5) is 8.78 Å². The number of hydrogen-bond donors (Lipinski definition) is 1. The quantitative estimate of drug-likeness (QED) is 0.846. The van der Waals surface area contributed by atoms with Crippen molar-refractivity contribution in [1.82, 2.24) is 4.72 Å². The molecule has 0 heterocycles. The van der Waals surface area contributed by atoms with E-state index in [0.717, 1.165) is 0 Å². The molecule has 23 heavy (non-hydrogen) atoms. The summed E-state index contributed by atoms with van der Waals surface area (Å²) in [5, 5.41) is 0.0991. The maximum atomic E-state index is 12.4. The lowest BCUT2D eigenvalue weighted by atomic mass is 10.1. The molecule has 0 aromatic heterocycles. The zero-order chi connectivity index (χ0) is 17.0. The molecule has 0 unspecified atom stereocenters. The summed E-state index contributed by atoms with van der Waals surface area (Å²) in [4.78, 5) is -0.0477. The lowest BCUT2D eigenvalue weighted by Crippen LogP contribution is -2.27. The van der Waals surface area contributed by atoms with Crippen LogP contribution < -0.4 is 9.46 Å². The van der Waals surface area contributed by atoms with Crippen LogP contribution in [0.2, 0.25) is 5.02 Å². The Kier molecular flexibility index (Phi) is 5.56. The summed E-state index contributed by atoms with van der Waals surface area (Å²) in [6.45, 7) is -1.35. The van der Waals surface area contributed by atoms with E-state index in [0.29, 0.717) is 5.56 Å². The third-order valence-electron chi connectivity index (χ3n) is 3.04. The number of halogens is 3. The largest absolute Gasteiger partial charge is 0.435 e. The fourth-order valence-electron chi connectivity index (χ4n) is 1.99. The van der Waals surface area contributed by atoms with Crippen molar-refractivity contribution in [2.45, 2.75) is 24.5 Å². The molecule has 0 amide bonds. The standard InChI is InChI=1S/C15H14ClF2NO3S/c1-10(11-5-4-6-12(9-11)22-15(17)18)19-23(20,21)14-8-3-2-7-13(14)16/h2-10,15,19H,1H3/t10-/m1/s1. The van der Waals surface area contributed by atoms with Gasteiger partial charge in [-0.1, -0.05) is 35.9 Å². The van der Waals surface area contributed by atoms with Gasteiger partial charge in [-0.25, -0.2) is 13.1 Å². The minimum Gasteiger partial charge on any atom is -0.435 e. The van der Waals surface area contributed by atoms with E-state index in [1.165, 1.54) is 30.3 Å². The van der Waals surface area contributed by atoms with Crippen molar-refractivity contribution >= 4 is 21.6 Å². The van der Waals surface area contributed by atoms with Crippen molar-refractivity contribution in [3.05, 3.63) is 59.1 Å². The number of sulfonamides is 1. The molecule has 1 atom stereocenters. The van der Waals surface area contributed by atoms with Gasteiger partial charge in [0.2, 0.25) is 10.0 Å². The van der Waals surface area contributed by atoms with Gasteiger partial charge in [0.05, 0.1) is 5.02 Å². The van der Waals surface area contributed by atoms with Crippen molar-refractivity contribution in [1.29, 1.82) is 0 Å². The second-order valence-electron chi connectivity index (χ2n) is 4.72. The highest BCUT2D eigenvalue weighted by Gasteiger charge is 2.21. The van der Waals surface area contributed by atoms with Gasteiger partial charge in [0.25, 0.3) is 0 Å². The normalized spacial score (nSPS) is 13.1. The van der Waals surface area contributed by atoms with Crippen LogP contribution in [0.3, 0.4) is 0 Å². The van der Waals surface area contributed by atoms with E-state index < -0.39 is 22.7 Å². The highest BCUT2D eigenvalue weighted by Crippen LogP contribution is 2.25. The summed E-state index contributed by atoms with van der Waals surface area (Å²) in [5.41, 5.74) is 0.485. The van der Waals surface area contributed by atoms with Gasteiger partial charge in [-0.15, -0.1) is 0 Å². The van der Waals surface area contributed by atoms with Crippen LogP contribution in [0, 0.1) is 0 Å². The SMILES string of the molecule is C[C@@H](NS(=O)(=O)c1ccccc1Cl)c1cccc(OC(F)F)c1. The number of nitrogens with one attached hydrogen (secondary N) is 1. The van der Waals surface area contributed by atoms with E-state index in [1.54, 1.807) is 25.1 Å². The molecule has 0 aliphatic rings. The smallest absolute Gasteiger partial charge is 0.387 e. The number of rotatable bonds is 6. The van der Waals surface area contributed by atoms with Gasteiger partial charge in [0.1, 0.15) is 10.6 Å². The number of ether oxygens (including phenoxy) is 1. The Hall–Kier alpha value is -1.70. The van der Waals surface area contributed by atoms with Gasteiger partial charge in [-0.2, -0.15) is 8.78 Å². The molecular weight excluding hydrogens is 348 g/mol. The van der Waals surface area contributed by atoms with E-state index in [2.05, 4.69) is 9.46 Å². The van der Waals surface area contributed by atoms with Crippen LogP contribution >= 0.6 is 11.6 Å². The van der Waals surface area contributed by atoms with E-state index in [-0.39, 0.29) is 15.7 Å². The van der Waals surface area contributed by atoms with Crippen LogP contribution in [0.5, 0.6) is 5.75 Å². The molecule has 1 N–H and O–H groups in total. The molecule has 0 aliphatic carbocycles. The van der Waals surface area contributed by atoms with E-state index in [1.807, 2.05) is 0 Å². The Morgan fingerprint density at radius 3 is 2.48 bits per heavy atom. The van der Waals surface area contributed by atoms with Crippen molar-refractivity contribution < 1.29 is 21.9 Å². The molecule has 8 heteroatoms. The lowest BCUT2D eigenvalue weighted by molar-refractivity contribution is -0.0499. The zero-order valence-corrected chi connectivity index (χ0v) is 13.6. The number of alkyl halides is 2. The maximum absolute atomic E-state index is 12.4. The van der Waals surface area contributed by atoms with Gasteiger partial charge >= 0.3 is 6.61 Å². The number of benzene rings is 2. The average Bonchev–Trinajstić information content (AvgIpc) is 2.46. The van der Waals surface area contributed by atoms with Crippen LogP contribution in [-0.4, -0.2) is 15.0 Å². The maximum Gasteiger partial charge on any atom is 0.387 e. The summed E-state index contributed by atoms with van der Waals surface area (Å²) >= 11 is 5.90. The van der Waals surface area contributed by atoms with Gasteiger partial charge < -0.3 is 4.74 Å². The number of hydrogen-bond acceptors (Lipinski definition) is 3. The minimum atomic E-state index is -3.85. The molecule has 0 aliphatic heterocycles. The first-order chi connectivity index (χ1) is 10.8. The molecule has 0 saturated carbocycles. The van der Waals surface area contributed by atoms with E-state index in [4.69, 9.17) is 11.6 Å². The zero-order valence-electron chi connectivity index (χ0n) is 12.0. The van der Waals surface area contributed by atoms with Crippen LogP contribution in [0.1, 0.15) is 18.5 Å². The van der Waals surface area contributed by atoms with Crippen LogP contribution in [-0.2, 0) is 10.0 Å².